The Morgan fingerprint density at radius 1 is 1.06 bits per heavy atom. The standard InChI is InChI=1S/C23H26N4O4/c1-3-21-25-22(31-26-21)18-7-4-16(5-8-18)10-11-24-23(28)27(2)15-17-6-9-19-20(14-17)30-13-12-29-19/h4-9,14H,3,10-13,15H2,1-2H3,(H,24,28). The lowest BCUT2D eigenvalue weighted by Gasteiger charge is -2.21. The van der Waals surface area contributed by atoms with Gasteiger partial charge in [0.05, 0.1) is 0 Å². The van der Waals surface area contributed by atoms with Crippen LogP contribution in [0.2, 0.25) is 0 Å². The van der Waals surface area contributed by atoms with Gasteiger partial charge in [0.25, 0.3) is 5.89 Å². The van der Waals surface area contributed by atoms with Crippen LogP contribution in [0.3, 0.4) is 0 Å². The molecule has 0 atom stereocenters. The Kier molecular flexibility index (Phi) is 6.35. The largest absolute Gasteiger partial charge is 0.486 e. The molecule has 0 bridgehead atoms. The predicted octanol–water partition coefficient (Wildman–Crippen LogP) is 3.45. The first-order chi connectivity index (χ1) is 15.1. The van der Waals surface area contributed by atoms with Crippen LogP contribution in [-0.4, -0.2) is 47.9 Å². The predicted molar refractivity (Wildman–Crippen MR) is 115 cm³/mol. The van der Waals surface area contributed by atoms with Crippen molar-refractivity contribution in [2.45, 2.75) is 26.3 Å². The number of carbonyl (C=O) groups is 1. The average molecular weight is 422 g/mol. The molecular formula is C23H26N4O4. The molecule has 1 N–H and O–H groups in total. The van der Waals surface area contributed by atoms with Crippen LogP contribution in [0.1, 0.15) is 23.9 Å². The third kappa shape index (κ3) is 5.14. The summed E-state index contributed by atoms with van der Waals surface area (Å²) in [7, 11) is 1.77. The van der Waals surface area contributed by atoms with E-state index in [-0.39, 0.29) is 6.03 Å². The number of fused-ring (bicyclic) bond motifs is 1. The highest BCUT2D eigenvalue weighted by molar-refractivity contribution is 5.73. The van der Waals surface area contributed by atoms with Crippen molar-refractivity contribution in [3.63, 3.8) is 0 Å². The highest BCUT2D eigenvalue weighted by Crippen LogP contribution is 2.31. The van der Waals surface area contributed by atoms with Gasteiger partial charge in [-0.3, -0.25) is 0 Å². The van der Waals surface area contributed by atoms with Crippen molar-refractivity contribution >= 4 is 6.03 Å². The number of nitrogens with zero attached hydrogens (tertiary/aromatic N) is 3. The van der Waals surface area contributed by atoms with Crippen molar-refractivity contribution in [2.24, 2.45) is 0 Å². The summed E-state index contributed by atoms with van der Waals surface area (Å²) in [6.07, 6.45) is 1.47. The van der Waals surface area contributed by atoms with Gasteiger partial charge in [0, 0.05) is 32.1 Å². The van der Waals surface area contributed by atoms with E-state index >= 15 is 0 Å². The number of amides is 2. The summed E-state index contributed by atoms with van der Waals surface area (Å²) in [5.74, 6) is 2.70. The third-order valence-corrected chi connectivity index (χ3v) is 5.05. The summed E-state index contributed by atoms with van der Waals surface area (Å²) in [4.78, 5) is 18.4. The molecule has 0 unspecified atom stereocenters. The van der Waals surface area contributed by atoms with Gasteiger partial charge in [0.15, 0.2) is 17.3 Å². The minimum atomic E-state index is -0.121. The van der Waals surface area contributed by atoms with Crippen LogP contribution in [0.15, 0.2) is 47.0 Å². The van der Waals surface area contributed by atoms with Gasteiger partial charge in [-0.05, 0) is 41.8 Å². The van der Waals surface area contributed by atoms with E-state index < -0.39 is 0 Å². The van der Waals surface area contributed by atoms with Crippen molar-refractivity contribution < 1.29 is 18.8 Å². The molecule has 0 aliphatic carbocycles. The molecule has 1 aliphatic heterocycles. The van der Waals surface area contributed by atoms with E-state index in [1.807, 2.05) is 49.4 Å². The molecule has 3 aromatic rings. The summed E-state index contributed by atoms with van der Waals surface area (Å²) in [6, 6.07) is 13.6. The molecular weight excluding hydrogens is 396 g/mol. The second-order valence-electron chi connectivity index (χ2n) is 7.38. The normalized spacial score (nSPS) is 12.5. The second kappa shape index (κ2) is 9.51. The zero-order valence-electron chi connectivity index (χ0n) is 17.8. The van der Waals surface area contributed by atoms with Crippen molar-refractivity contribution in [3.05, 3.63) is 59.4 Å². The summed E-state index contributed by atoms with van der Waals surface area (Å²) in [6.45, 7) is 4.13. The van der Waals surface area contributed by atoms with Gasteiger partial charge >= 0.3 is 6.03 Å². The van der Waals surface area contributed by atoms with E-state index in [0.717, 1.165) is 41.0 Å². The average Bonchev–Trinajstić information content (AvgIpc) is 3.29. The maximum atomic E-state index is 12.4. The van der Waals surface area contributed by atoms with Crippen LogP contribution in [0, 0.1) is 0 Å². The third-order valence-electron chi connectivity index (χ3n) is 5.05. The van der Waals surface area contributed by atoms with Gasteiger partial charge in [0.2, 0.25) is 0 Å². The number of rotatable bonds is 7. The van der Waals surface area contributed by atoms with E-state index in [1.165, 1.54) is 0 Å². The summed E-state index contributed by atoms with van der Waals surface area (Å²) >= 11 is 0. The molecule has 0 saturated carbocycles. The minimum Gasteiger partial charge on any atom is -0.486 e. The highest BCUT2D eigenvalue weighted by Gasteiger charge is 2.14. The quantitative estimate of drug-likeness (QED) is 0.627. The Morgan fingerprint density at radius 3 is 2.55 bits per heavy atom. The molecule has 0 fully saturated rings. The molecule has 2 amide bonds. The van der Waals surface area contributed by atoms with Gasteiger partial charge in [-0.25, -0.2) is 4.79 Å². The molecule has 4 rings (SSSR count). The van der Waals surface area contributed by atoms with Crippen LogP contribution < -0.4 is 14.8 Å². The minimum absolute atomic E-state index is 0.121. The van der Waals surface area contributed by atoms with Gasteiger partial charge in [-0.2, -0.15) is 4.98 Å². The summed E-state index contributed by atoms with van der Waals surface area (Å²) in [5, 5.41) is 6.88. The Morgan fingerprint density at radius 2 is 1.81 bits per heavy atom. The molecule has 2 aromatic carbocycles. The molecule has 31 heavy (non-hydrogen) atoms. The van der Waals surface area contributed by atoms with Crippen molar-refractivity contribution in [1.29, 1.82) is 0 Å². The maximum absolute atomic E-state index is 12.4. The molecule has 1 aromatic heterocycles. The maximum Gasteiger partial charge on any atom is 0.317 e. The lowest BCUT2D eigenvalue weighted by atomic mass is 10.1. The number of carbonyl (C=O) groups excluding carboxylic acids is 1. The SMILES string of the molecule is CCc1noc(-c2ccc(CCNC(=O)N(C)Cc3ccc4c(c3)OCCO4)cc2)n1. The van der Waals surface area contributed by atoms with E-state index in [1.54, 1.807) is 11.9 Å². The number of nitrogens with one attached hydrogen (secondary N) is 1. The molecule has 0 spiro atoms. The van der Waals surface area contributed by atoms with Crippen LogP contribution in [-0.2, 0) is 19.4 Å². The van der Waals surface area contributed by atoms with E-state index in [9.17, 15) is 4.79 Å². The molecule has 1 aliphatic rings. The smallest absolute Gasteiger partial charge is 0.317 e. The Labute approximate surface area is 181 Å². The fourth-order valence-electron chi connectivity index (χ4n) is 3.31. The summed E-state index contributed by atoms with van der Waals surface area (Å²) < 4.78 is 16.4. The second-order valence-corrected chi connectivity index (χ2v) is 7.38. The molecule has 8 nitrogen and oxygen atoms in total. The van der Waals surface area contributed by atoms with Crippen LogP contribution in [0.5, 0.6) is 11.5 Å². The number of aryl methyl sites for hydroxylation is 1. The number of hydrogen-bond donors (Lipinski definition) is 1. The van der Waals surface area contributed by atoms with Crippen LogP contribution in [0.25, 0.3) is 11.5 Å². The Hall–Kier alpha value is -3.55. The lowest BCUT2D eigenvalue weighted by molar-refractivity contribution is 0.171. The van der Waals surface area contributed by atoms with Crippen molar-refractivity contribution in [2.75, 3.05) is 26.8 Å². The zero-order chi connectivity index (χ0) is 21.6. The first-order valence-corrected chi connectivity index (χ1v) is 10.4. The number of benzene rings is 2. The van der Waals surface area contributed by atoms with Crippen LogP contribution in [0.4, 0.5) is 4.79 Å². The van der Waals surface area contributed by atoms with Gasteiger partial charge in [-0.15, -0.1) is 0 Å². The summed E-state index contributed by atoms with van der Waals surface area (Å²) in [5.41, 5.74) is 3.00. The number of urea groups is 1. The number of hydrogen-bond acceptors (Lipinski definition) is 6. The first-order valence-electron chi connectivity index (χ1n) is 10.4. The van der Waals surface area contributed by atoms with Crippen LogP contribution >= 0.6 is 0 Å². The molecule has 8 heteroatoms. The molecule has 0 saturated heterocycles. The monoisotopic (exact) mass is 422 g/mol. The zero-order valence-corrected chi connectivity index (χ0v) is 17.8. The van der Waals surface area contributed by atoms with Crippen molar-refractivity contribution in [3.8, 4) is 23.0 Å². The number of aromatic nitrogens is 2. The lowest BCUT2D eigenvalue weighted by Crippen LogP contribution is -2.37. The fourth-order valence-corrected chi connectivity index (χ4v) is 3.31. The van der Waals surface area contributed by atoms with Gasteiger partial charge in [0.1, 0.15) is 13.2 Å². The fraction of sp³-hybridized carbons (Fsp3) is 0.348. The van der Waals surface area contributed by atoms with Crippen molar-refractivity contribution in [1.82, 2.24) is 20.4 Å². The molecule has 2 heterocycles. The molecule has 162 valence electrons. The van der Waals surface area contributed by atoms with E-state index in [0.29, 0.717) is 38.0 Å². The number of ether oxygens (including phenoxy) is 2. The van der Waals surface area contributed by atoms with Gasteiger partial charge < -0.3 is 24.2 Å². The Balaban J connectivity index is 1.25. The topological polar surface area (TPSA) is 89.7 Å². The van der Waals surface area contributed by atoms with E-state index in [4.69, 9.17) is 14.0 Å². The first kappa shape index (κ1) is 20.7. The highest BCUT2D eigenvalue weighted by atomic mass is 16.6. The Bertz CT molecular complexity index is 1030. The molecule has 0 radical (unpaired) electrons. The van der Waals surface area contributed by atoms with Gasteiger partial charge in [-0.1, -0.05) is 30.3 Å². The van der Waals surface area contributed by atoms with E-state index in [2.05, 4.69) is 15.5 Å².